The van der Waals surface area contributed by atoms with Crippen LogP contribution in [0.15, 0.2) is 22.7 Å². The van der Waals surface area contributed by atoms with Gasteiger partial charge in [0.1, 0.15) is 4.99 Å². The summed E-state index contributed by atoms with van der Waals surface area (Å²) in [5, 5.41) is 3.37. The molecule has 2 rings (SSSR count). The van der Waals surface area contributed by atoms with E-state index in [-0.39, 0.29) is 0 Å². The summed E-state index contributed by atoms with van der Waals surface area (Å²) in [5.41, 5.74) is 7.49. The molecule has 1 atom stereocenters. The van der Waals surface area contributed by atoms with Gasteiger partial charge in [0.05, 0.1) is 6.10 Å². The minimum absolute atomic E-state index is 0.331. The molecule has 1 fully saturated rings. The maximum atomic E-state index is 5.58. The summed E-state index contributed by atoms with van der Waals surface area (Å²) in [5.74, 6) is 0. The fourth-order valence-corrected chi connectivity index (χ4v) is 2.49. The number of halogens is 1. The Kier molecular flexibility index (Phi) is 4.36. The van der Waals surface area contributed by atoms with Gasteiger partial charge in [0.25, 0.3) is 0 Å². The van der Waals surface area contributed by atoms with E-state index in [0.717, 1.165) is 41.7 Å². The monoisotopic (exact) mass is 314 g/mol. The van der Waals surface area contributed by atoms with Crippen LogP contribution in [-0.2, 0) is 4.74 Å². The molecule has 1 aromatic rings. The molecule has 1 aliphatic heterocycles. The summed E-state index contributed by atoms with van der Waals surface area (Å²) in [6, 6.07) is 5.83. The van der Waals surface area contributed by atoms with Crippen molar-refractivity contribution in [1.82, 2.24) is 0 Å². The maximum absolute atomic E-state index is 5.58. The molecule has 1 aliphatic rings. The number of nitrogens with one attached hydrogen (secondary N) is 1. The van der Waals surface area contributed by atoms with Crippen molar-refractivity contribution in [2.75, 3.05) is 18.5 Å². The molecule has 0 bridgehead atoms. The molecule has 0 amide bonds. The second-order valence-electron chi connectivity index (χ2n) is 4.07. The molecule has 17 heavy (non-hydrogen) atoms. The molecule has 1 saturated heterocycles. The van der Waals surface area contributed by atoms with E-state index in [1.54, 1.807) is 0 Å². The Balaban J connectivity index is 1.98. The highest BCUT2D eigenvalue weighted by Crippen LogP contribution is 2.24. The van der Waals surface area contributed by atoms with E-state index in [0.29, 0.717) is 11.1 Å². The predicted molar refractivity (Wildman–Crippen MR) is 77.5 cm³/mol. The fourth-order valence-electron chi connectivity index (χ4n) is 1.84. The first kappa shape index (κ1) is 12.8. The third kappa shape index (κ3) is 3.40. The van der Waals surface area contributed by atoms with Crippen molar-refractivity contribution >= 4 is 38.8 Å². The number of hydrogen-bond acceptors (Lipinski definition) is 3. The lowest BCUT2D eigenvalue weighted by molar-refractivity contribution is 0.120. The van der Waals surface area contributed by atoms with E-state index >= 15 is 0 Å². The van der Waals surface area contributed by atoms with Crippen LogP contribution in [0, 0.1) is 0 Å². The lowest BCUT2D eigenvalue weighted by Crippen LogP contribution is -2.18. The quantitative estimate of drug-likeness (QED) is 0.839. The Morgan fingerprint density at radius 2 is 2.41 bits per heavy atom. The minimum atomic E-state index is 0.331. The van der Waals surface area contributed by atoms with Crippen LogP contribution in [-0.4, -0.2) is 24.2 Å². The molecule has 3 nitrogen and oxygen atoms in total. The van der Waals surface area contributed by atoms with E-state index in [1.807, 2.05) is 18.2 Å². The Morgan fingerprint density at radius 3 is 3.00 bits per heavy atom. The van der Waals surface area contributed by atoms with Crippen LogP contribution in [0.25, 0.3) is 0 Å². The third-order valence-electron chi connectivity index (χ3n) is 2.80. The highest BCUT2D eigenvalue weighted by Gasteiger charge is 2.15. The van der Waals surface area contributed by atoms with Gasteiger partial charge in [-0.15, -0.1) is 0 Å². The van der Waals surface area contributed by atoms with Crippen molar-refractivity contribution in [3.63, 3.8) is 0 Å². The van der Waals surface area contributed by atoms with E-state index < -0.39 is 0 Å². The molecule has 0 spiro atoms. The maximum Gasteiger partial charge on any atom is 0.104 e. The Labute approximate surface area is 115 Å². The number of hydrogen-bond donors (Lipinski definition) is 2. The van der Waals surface area contributed by atoms with E-state index in [4.69, 9.17) is 22.7 Å². The van der Waals surface area contributed by atoms with E-state index in [1.165, 1.54) is 0 Å². The van der Waals surface area contributed by atoms with Crippen LogP contribution in [0.1, 0.15) is 18.4 Å². The second kappa shape index (κ2) is 5.80. The zero-order valence-corrected chi connectivity index (χ0v) is 11.8. The first-order valence-electron chi connectivity index (χ1n) is 5.61. The van der Waals surface area contributed by atoms with Crippen LogP contribution in [0.3, 0.4) is 0 Å². The van der Waals surface area contributed by atoms with E-state index in [9.17, 15) is 0 Å². The minimum Gasteiger partial charge on any atom is -0.389 e. The van der Waals surface area contributed by atoms with Crippen molar-refractivity contribution in [3.8, 4) is 0 Å². The zero-order valence-electron chi connectivity index (χ0n) is 9.41. The van der Waals surface area contributed by atoms with Gasteiger partial charge < -0.3 is 15.8 Å². The summed E-state index contributed by atoms with van der Waals surface area (Å²) >= 11 is 8.44. The van der Waals surface area contributed by atoms with Gasteiger partial charge in [-0.25, -0.2) is 0 Å². The summed E-state index contributed by atoms with van der Waals surface area (Å²) in [6.45, 7) is 1.72. The molecule has 0 aliphatic carbocycles. The fraction of sp³-hybridized carbons (Fsp3) is 0.417. The largest absolute Gasteiger partial charge is 0.389 e. The van der Waals surface area contributed by atoms with Crippen molar-refractivity contribution in [3.05, 3.63) is 28.2 Å². The number of thiocarbonyl (C=S) groups is 1. The van der Waals surface area contributed by atoms with Gasteiger partial charge in [-0.2, -0.15) is 0 Å². The highest BCUT2D eigenvalue weighted by molar-refractivity contribution is 9.10. The number of ether oxygens (including phenoxy) is 1. The predicted octanol–water partition coefficient (Wildman–Crippen LogP) is 2.67. The molecular formula is C12H15BrN2OS. The van der Waals surface area contributed by atoms with Gasteiger partial charge >= 0.3 is 0 Å². The van der Waals surface area contributed by atoms with Gasteiger partial charge in [0.15, 0.2) is 0 Å². The lowest BCUT2D eigenvalue weighted by atomic mass is 10.2. The van der Waals surface area contributed by atoms with E-state index in [2.05, 4.69) is 21.2 Å². The molecule has 0 saturated carbocycles. The number of nitrogens with two attached hydrogens (primary N) is 1. The molecule has 1 aromatic carbocycles. The molecule has 0 aromatic heterocycles. The SMILES string of the molecule is NC(=S)c1ccc(NCC2CCCO2)c(Br)c1. The molecular weight excluding hydrogens is 300 g/mol. The van der Waals surface area contributed by atoms with Crippen molar-refractivity contribution in [2.24, 2.45) is 5.73 Å². The third-order valence-corrected chi connectivity index (χ3v) is 3.69. The van der Waals surface area contributed by atoms with Gasteiger partial charge in [-0.1, -0.05) is 12.2 Å². The van der Waals surface area contributed by atoms with Crippen molar-refractivity contribution < 1.29 is 4.74 Å². The zero-order chi connectivity index (χ0) is 12.3. The Bertz CT molecular complexity index is 419. The van der Waals surface area contributed by atoms with Crippen LogP contribution in [0.5, 0.6) is 0 Å². The van der Waals surface area contributed by atoms with Crippen LogP contribution in [0.4, 0.5) is 5.69 Å². The average Bonchev–Trinajstić information content (AvgIpc) is 2.80. The summed E-state index contributed by atoms with van der Waals surface area (Å²) in [4.78, 5) is 0.413. The number of benzene rings is 1. The van der Waals surface area contributed by atoms with Crippen LogP contribution >= 0.6 is 28.1 Å². The molecule has 1 unspecified atom stereocenters. The summed E-state index contributed by atoms with van der Waals surface area (Å²) in [7, 11) is 0. The summed E-state index contributed by atoms with van der Waals surface area (Å²) in [6.07, 6.45) is 2.63. The first-order valence-corrected chi connectivity index (χ1v) is 6.82. The normalized spacial score (nSPS) is 19.2. The van der Waals surface area contributed by atoms with Gasteiger partial charge in [0.2, 0.25) is 0 Å². The van der Waals surface area contributed by atoms with Gasteiger partial charge in [-0.3, -0.25) is 0 Å². The topological polar surface area (TPSA) is 47.3 Å². The molecule has 5 heteroatoms. The van der Waals surface area contributed by atoms with Gasteiger partial charge in [0, 0.05) is 28.9 Å². The summed E-state index contributed by atoms with van der Waals surface area (Å²) < 4.78 is 6.53. The Morgan fingerprint density at radius 1 is 1.59 bits per heavy atom. The lowest BCUT2D eigenvalue weighted by Gasteiger charge is -2.13. The van der Waals surface area contributed by atoms with Crippen LogP contribution in [0.2, 0.25) is 0 Å². The second-order valence-corrected chi connectivity index (χ2v) is 5.37. The highest BCUT2D eigenvalue weighted by atomic mass is 79.9. The number of rotatable bonds is 4. The first-order chi connectivity index (χ1) is 8.16. The molecule has 0 radical (unpaired) electrons. The average molecular weight is 315 g/mol. The van der Waals surface area contributed by atoms with Gasteiger partial charge in [-0.05, 0) is 47.0 Å². The molecule has 1 heterocycles. The van der Waals surface area contributed by atoms with Crippen molar-refractivity contribution in [2.45, 2.75) is 18.9 Å². The standard InChI is InChI=1S/C12H15BrN2OS/c13-10-6-8(12(14)17)3-4-11(10)15-7-9-2-1-5-16-9/h3-4,6,9,15H,1-2,5,7H2,(H2,14,17). The number of anilines is 1. The Hall–Kier alpha value is -0.650. The van der Waals surface area contributed by atoms with Crippen LogP contribution < -0.4 is 11.1 Å². The molecule has 3 N–H and O–H groups in total. The van der Waals surface area contributed by atoms with Crippen molar-refractivity contribution in [1.29, 1.82) is 0 Å². The smallest absolute Gasteiger partial charge is 0.104 e. The molecule has 92 valence electrons.